The van der Waals surface area contributed by atoms with Gasteiger partial charge in [0.1, 0.15) is 12.4 Å². The van der Waals surface area contributed by atoms with Crippen LogP contribution in [0.4, 0.5) is 4.79 Å². The number of hydrogen-bond acceptors (Lipinski definition) is 4. The first-order chi connectivity index (χ1) is 11.6. The molecule has 0 aromatic heterocycles. The van der Waals surface area contributed by atoms with Crippen LogP contribution in [0.15, 0.2) is 54.6 Å². The van der Waals surface area contributed by atoms with Crippen LogP contribution in [-0.2, 0) is 11.3 Å². The molecule has 0 atom stereocenters. The van der Waals surface area contributed by atoms with Gasteiger partial charge in [0.15, 0.2) is 0 Å². The van der Waals surface area contributed by atoms with Gasteiger partial charge >= 0.3 is 12.1 Å². The number of amides is 1. The predicted molar refractivity (Wildman–Crippen MR) is 88.7 cm³/mol. The fraction of sp³-hybridized carbons (Fsp3) is 0.111. The Kier molecular flexibility index (Phi) is 5.96. The molecule has 3 N–H and O–H groups in total. The summed E-state index contributed by atoms with van der Waals surface area (Å²) in [6.07, 6.45) is 2.66. The highest BCUT2D eigenvalue weighted by molar-refractivity contribution is 5.88. The number of phenols is 1. The normalized spacial score (nSPS) is 10.5. The number of carboxylic acid groups (broad SMARTS) is 1. The summed E-state index contributed by atoms with van der Waals surface area (Å²) in [5.74, 6) is -1.25. The van der Waals surface area contributed by atoms with Gasteiger partial charge in [0.2, 0.25) is 0 Å². The highest BCUT2D eigenvalue weighted by atomic mass is 16.5. The topological polar surface area (TPSA) is 95.9 Å². The molecule has 0 bridgehead atoms. The Hall–Kier alpha value is -3.28. The fourth-order valence-corrected chi connectivity index (χ4v) is 1.92. The lowest BCUT2D eigenvalue weighted by Gasteiger charge is -2.05. The van der Waals surface area contributed by atoms with Crippen molar-refractivity contribution in [1.82, 2.24) is 5.32 Å². The van der Waals surface area contributed by atoms with Gasteiger partial charge in [-0.15, -0.1) is 0 Å². The van der Waals surface area contributed by atoms with Gasteiger partial charge in [-0.05, 0) is 17.7 Å². The molecule has 0 aliphatic heterocycles. The van der Waals surface area contributed by atoms with Gasteiger partial charge < -0.3 is 20.3 Å². The maximum Gasteiger partial charge on any atom is 0.407 e. The number of carbonyl (C=O) groups is 2. The summed E-state index contributed by atoms with van der Waals surface area (Å²) in [4.78, 5) is 22.3. The number of benzene rings is 2. The summed E-state index contributed by atoms with van der Waals surface area (Å²) in [6, 6.07) is 13.4. The number of ether oxygens (including phenoxy) is 1. The molecule has 2 aromatic carbocycles. The van der Waals surface area contributed by atoms with Crippen LogP contribution in [-0.4, -0.2) is 28.8 Å². The molecule has 24 heavy (non-hydrogen) atoms. The molecule has 0 radical (unpaired) electrons. The number of hydrogen-bond donors (Lipinski definition) is 3. The highest BCUT2D eigenvalue weighted by Crippen LogP contribution is 2.20. The largest absolute Gasteiger partial charge is 0.507 e. The standard InChI is InChI=1S/C18H17NO5/c20-16-11-15(17(21)22)9-8-14(16)7-4-10-19-18(23)24-12-13-5-2-1-3-6-13/h1-9,11,20H,10,12H2,(H,19,23)(H,21,22). The lowest BCUT2D eigenvalue weighted by atomic mass is 10.1. The predicted octanol–water partition coefficient (Wildman–Crippen LogP) is 3.03. The minimum absolute atomic E-state index is 0.00673. The quantitative estimate of drug-likeness (QED) is 0.758. The molecule has 6 heteroatoms. The Labute approximate surface area is 139 Å². The number of aromatic hydroxyl groups is 1. The van der Waals surface area contributed by atoms with E-state index in [2.05, 4.69) is 5.32 Å². The fourth-order valence-electron chi connectivity index (χ4n) is 1.92. The smallest absolute Gasteiger partial charge is 0.407 e. The highest BCUT2D eigenvalue weighted by Gasteiger charge is 2.05. The van der Waals surface area contributed by atoms with Gasteiger partial charge in [0.25, 0.3) is 0 Å². The molecular weight excluding hydrogens is 310 g/mol. The van der Waals surface area contributed by atoms with E-state index in [1.165, 1.54) is 18.2 Å². The van der Waals surface area contributed by atoms with E-state index in [1.54, 1.807) is 12.2 Å². The van der Waals surface area contributed by atoms with Crippen molar-refractivity contribution in [3.8, 4) is 5.75 Å². The molecule has 0 saturated carbocycles. The minimum Gasteiger partial charge on any atom is -0.507 e. The van der Waals surface area contributed by atoms with Gasteiger partial charge in [0.05, 0.1) is 5.56 Å². The van der Waals surface area contributed by atoms with Crippen LogP contribution in [0.1, 0.15) is 21.5 Å². The summed E-state index contributed by atoms with van der Waals surface area (Å²) in [7, 11) is 0. The van der Waals surface area contributed by atoms with Crippen molar-refractivity contribution >= 4 is 18.1 Å². The Morgan fingerprint density at radius 2 is 1.88 bits per heavy atom. The van der Waals surface area contributed by atoms with Crippen LogP contribution in [0.2, 0.25) is 0 Å². The third-order valence-electron chi connectivity index (χ3n) is 3.15. The number of nitrogens with one attached hydrogen (secondary N) is 1. The number of alkyl carbamates (subject to hydrolysis) is 1. The number of phenolic OH excluding ortho intramolecular Hbond substituents is 1. The van der Waals surface area contributed by atoms with Crippen LogP contribution in [0, 0.1) is 0 Å². The summed E-state index contributed by atoms with van der Waals surface area (Å²) in [6.45, 7) is 0.404. The molecule has 0 heterocycles. The number of carboxylic acids is 1. The van der Waals surface area contributed by atoms with E-state index < -0.39 is 12.1 Å². The first kappa shape index (κ1) is 17.1. The Morgan fingerprint density at radius 3 is 2.54 bits per heavy atom. The van der Waals surface area contributed by atoms with Crippen molar-refractivity contribution in [3.63, 3.8) is 0 Å². The summed E-state index contributed by atoms with van der Waals surface area (Å²) >= 11 is 0. The van der Waals surface area contributed by atoms with E-state index in [0.29, 0.717) is 5.56 Å². The molecule has 0 aliphatic carbocycles. The molecule has 0 aliphatic rings. The Morgan fingerprint density at radius 1 is 1.12 bits per heavy atom. The van der Waals surface area contributed by atoms with E-state index in [0.717, 1.165) is 5.56 Å². The second-order valence-corrected chi connectivity index (χ2v) is 4.92. The second kappa shape index (κ2) is 8.38. The maximum atomic E-state index is 11.5. The van der Waals surface area contributed by atoms with Crippen LogP contribution in [0.5, 0.6) is 5.75 Å². The average molecular weight is 327 g/mol. The summed E-state index contributed by atoms with van der Waals surface area (Å²) in [5.41, 5.74) is 1.36. The molecule has 0 saturated heterocycles. The van der Waals surface area contributed by atoms with E-state index >= 15 is 0 Å². The zero-order valence-corrected chi connectivity index (χ0v) is 12.8. The van der Waals surface area contributed by atoms with Crippen LogP contribution in [0.25, 0.3) is 6.08 Å². The van der Waals surface area contributed by atoms with Crippen molar-refractivity contribution < 1.29 is 24.5 Å². The average Bonchev–Trinajstić information content (AvgIpc) is 2.58. The minimum atomic E-state index is -1.11. The second-order valence-electron chi connectivity index (χ2n) is 4.92. The van der Waals surface area contributed by atoms with Gasteiger partial charge in [-0.3, -0.25) is 0 Å². The van der Waals surface area contributed by atoms with Gasteiger partial charge in [-0.1, -0.05) is 48.6 Å². The van der Waals surface area contributed by atoms with E-state index in [1.807, 2.05) is 30.3 Å². The molecule has 0 spiro atoms. The van der Waals surface area contributed by atoms with Gasteiger partial charge in [0, 0.05) is 12.1 Å². The zero-order valence-electron chi connectivity index (χ0n) is 12.8. The molecular formula is C18H17NO5. The maximum absolute atomic E-state index is 11.5. The number of carbonyl (C=O) groups excluding carboxylic acids is 1. The van der Waals surface area contributed by atoms with E-state index in [-0.39, 0.29) is 24.5 Å². The third-order valence-corrected chi connectivity index (χ3v) is 3.15. The first-order valence-electron chi connectivity index (χ1n) is 7.23. The SMILES string of the molecule is O=C(NCC=Cc1ccc(C(=O)O)cc1O)OCc1ccccc1. The van der Waals surface area contributed by atoms with Crippen molar-refractivity contribution in [2.75, 3.05) is 6.54 Å². The number of aromatic carboxylic acids is 1. The molecule has 124 valence electrons. The Bertz CT molecular complexity index is 740. The Balaban J connectivity index is 1.78. The van der Waals surface area contributed by atoms with Crippen molar-refractivity contribution in [3.05, 3.63) is 71.3 Å². The van der Waals surface area contributed by atoms with Crippen molar-refractivity contribution in [2.45, 2.75) is 6.61 Å². The van der Waals surface area contributed by atoms with Crippen LogP contribution < -0.4 is 5.32 Å². The van der Waals surface area contributed by atoms with Crippen LogP contribution in [0.3, 0.4) is 0 Å². The molecule has 2 rings (SSSR count). The summed E-state index contributed by atoms with van der Waals surface area (Å²) < 4.78 is 5.05. The van der Waals surface area contributed by atoms with Gasteiger partial charge in [-0.25, -0.2) is 9.59 Å². The van der Waals surface area contributed by atoms with Gasteiger partial charge in [-0.2, -0.15) is 0 Å². The molecule has 2 aromatic rings. The molecule has 1 amide bonds. The lowest BCUT2D eigenvalue weighted by molar-refractivity contribution is 0.0696. The third kappa shape index (κ3) is 5.17. The van der Waals surface area contributed by atoms with E-state index in [9.17, 15) is 14.7 Å². The number of rotatable bonds is 6. The first-order valence-corrected chi connectivity index (χ1v) is 7.23. The lowest BCUT2D eigenvalue weighted by Crippen LogP contribution is -2.24. The monoisotopic (exact) mass is 327 g/mol. The molecule has 0 unspecified atom stereocenters. The van der Waals surface area contributed by atoms with Crippen molar-refractivity contribution in [1.29, 1.82) is 0 Å². The zero-order chi connectivity index (χ0) is 17.4. The van der Waals surface area contributed by atoms with Crippen molar-refractivity contribution in [2.24, 2.45) is 0 Å². The summed E-state index contributed by atoms with van der Waals surface area (Å²) in [5, 5.41) is 21.1. The van der Waals surface area contributed by atoms with E-state index in [4.69, 9.17) is 9.84 Å². The van der Waals surface area contributed by atoms with Crippen LogP contribution >= 0.6 is 0 Å². The molecule has 0 fully saturated rings. The molecule has 6 nitrogen and oxygen atoms in total.